The number of halogens is 15. The lowest BCUT2D eigenvalue weighted by atomic mass is 9.89. The van der Waals surface area contributed by atoms with Gasteiger partial charge in [-0.3, -0.25) is 4.55 Å². The van der Waals surface area contributed by atoms with Gasteiger partial charge in [0.15, 0.2) is 5.25 Å². The maximum absolute atomic E-state index is 14.1. The van der Waals surface area contributed by atoms with Crippen molar-refractivity contribution in [2.45, 2.75) is 92.4 Å². The van der Waals surface area contributed by atoms with Gasteiger partial charge >= 0.3 is 41.7 Å². The monoisotopic (exact) mass is 562 g/mol. The van der Waals surface area contributed by atoms with Gasteiger partial charge in [0.05, 0.1) is 0 Å². The van der Waals surface area contributed by atoms with Crippen LogP contribution in [0.3, 0.4) is 0 Å². The topological polar surface area (TPSA) is 54.4 Å². The molecule has 0 saturated carbocycles. The fourth-order valence-corrected chi connectivity index (χ4v) is 3.62. The molecule has 0 aliphatic rings. The van der Waals surface area contributed by atoms with Crippen molar-refractivity contribution < 1.29 is 78.8 Å². The van der Waals surface area contributed by atoms with Crippen molar-refractivity contribution in [2.24, 2.45) is 0 Å². The second-order valence-corrected chi connectivity index (χ2v) is 8.80. The molecule has 0 aliphatic heterocycles. The number of rotatable bonds is 13. The van der Waals surface area contributed by atoms with Gasteiger partial charge in [-0.25, -0.2) is 0 Å². The minimum Gasteiger partial charge on any atom is -0.285 e. The minimum absolute atomic E-state index is 0.129. The highest BCUT2D eigenvalue weighted by atomic mass is 32.2. The van der Waals surface area contributed by atoms with Gasteiger partial charge in [-0.15, -0.1) is 0 Å². The molecule has 0 aliphatic carbocycles. The van der Waals surface area contributed by atoms with E-state index in [9.17, 15) is 74.3 Å². The zero-order valence-corrected chi connectivity index (χ0v) is 17.5. The first-order chi connectivity index (χ1) is 14.7. The Labute approximate surface area is 182 Å². The van der Waals surface area contributed by atoms with E-state index in [4.69, 9.17) is 4.55 Å². The molecule has 1 atom stereocenters. The minimum atomic E-state index is -8.52. The van der Waals surface area contributed by atoms with Crippen molar-refractivity contribution in [1.29, 1.82) is 0 Å². The molecule has 0 spiro atoms. The first-order valence-corrected chi connectivity index (χ1v) is 10.5. The molecule has 0 aromatic heterocycles. The smallest absolute Gasteiger partial charge is 0.285 e. The summed E-state index contributed by atoms with van der Waals surface area (Å²) in [6.45, 7) is 1.62. The van der Waals surface area contributed by atoms with Crippen LogP contribution >= 0.6 is 0 Å². The molecule has 0 saturated heterocycles. The van der Waals surface area contributed by atoms with Crippen LogP contribution < -0.4 is 0 Å². The maximum Gasteiger partial charge on any atom is 0.460 e. The van der Waals surface area contributed by atoms with Crippen LogP contribution in [0.5, 0.6) is 0 Å². The van der Waals surface area contributed by atoms with Crippen molar-refractivity contribution in [2.75, 3.05) is 0 Å². The Hall–Kier alpha value is -1.14. The summed E-state index contributed by atoms with van der Waals surface area (Å²) < 4.78 is 229. The van der Waals surface area contributed by atoms with Gasteiger partial charge in [0.1, 0.15) is 0 Å². The standard InChI is InChI=1S/C15H17F15O3S/c1-2-3-4-5-6-7-8(34(31,32)33)9(16,17)10(18,19)11(20,21)12(22,23)13(24,25)14(26,27)15(28,29)30/h8H,2-7H2,1H3,(H,31,32,33)/t8-/m0/s1. The highest BCUT2D eigenvalue weighted by molar-refractivity contribution is 7.86. The molecular weight excluding hydrogens is 545 g/mol. The molecule has 0 rings (SSSR count). The van der Waals surface area contributed by atoms with E-state index in [1.54, 1.807) is 6.92 Å². The third-order valence-electron chi connectivity index (χ3n) is 4.69. The predicted molar refractivity (Wildman–Crippen MR) is 84.4 cm³/mol. The predicted octanol–water partition coefficient (Wildman–Crippen LogP) is 6.98. The SMILES string of the molecule is CCCCCCC[C@@H](C(F)(F)C(F)(F)C(F)(F)C(F)(F)C(F)(F)C(F)(F)C(F)(F)F)S(=O)(=O)O. The molecule has 0 amide bonds. The number of hydrogen-bond donors (Lipinski definition) is 1. The highest BCUT2D eigenvalue weighted by Crippen LogP contribution is 2.63. The lowest BCUT2D eigenvalue weighted by Gasteiger charge is -2.42. The molecular formula is C15H17F15O3S. The van der Waals surface area contributed by atoms with Crippen molar-refractivity contribution >= 4 is 10.1 Å². The third-order valence-corrected chi connectivity index (χ3v) is 5.94. The molecule has 1 N–H and O–H groups in total. The molecule has 206 valence electrons. The lowest BCUT2D eigenvalue weighted by Crippen LogP contribution is -2.74. The van der Waals surface area contributed by atoms with Gasteiger partial charge in [0.25, 0.3) is 10.1 Å². The molecule has 34 heavy (non-hydrogen) atoms. The molecule has 0 aromatic carbocycles. The Morgan fingerprint density at radius 2 is 0.941 bits per heavy atom. The Morgan fingerprint density at radius 1 is 0.588 bits per heavy atom. The third kappa shape index (κ3) is 5.33. The summed E-state index contributed by atoms with van der Waals surface area (Å²) in [4.78, 5) is 0. The zero-order chi connectivity index (χ0) is 27.8. The van der Waals surface area contributed by atoms with Crippen molar-refractivity contribution in [1.82, 2.24) is 0 Å². The maximum atomic E-state index is 14.1. The Bertz CT molecular complexity index is 789. The molecule has 0 radical (unpaired) electrons. The molecule has 0 fully saturated rings. The normalized spacial score (nSPS) is 16.6. The van der Waals surface area contributed by atoms with E-state index in [1.165, 1.54) is 0 Å². The molecule has 0 unspecified atom stereocenters. The van der Waals surface area contributed by atoms with Gasteiger partial charge in [0.2, 0.25) is 0 Å². The van der Waals surface area contributed by atoms with Crippen molar-refractivity contribution in [3.63, 3.8) is 0 Å². The quantitative estimate of drug-likeness (QED) is 0.150. The molecule has 3 nitrogen and oxygen atoms in total. The Morgan fingerprint density at radius 3 is 1.29 bits per heavy atom. The Balaban J connectivity index is 6.55. The fraction of sp³-hybridized carbons (Fsp3) is 1.00. The van der Waals surface area contributed by atoms with Crippen LogP contribution in [0.4, 0.5) is 65.9 Å². The van der Waals surface area contributed by atoms with Gasteiger partial charge in [-0.05, 0) is 6.42 Å². The largest absolute Gasteiger partial charge is 0.460 e. The Kier molecular flexibility index (Phi) is 9.40. The number of alkyl halides is 15. The highest BCUT2D eigenvalue weighted by Gasteiger charge is 2.94. The van der Waals surface area contributed by atoms with Crippen LogP contribution in [0.25, 0.3) is 0 Å². The van der Waals surface area contributed by atoms with Crippen LogP contribution in [0.1, 0.15) is 45.4 Å². The molecule has 0 bridgehead atoms. The average Bonchev–Trinajstić information content (AvgIpc) is 2.61. The van der Waals surface area contributed by atoms with E-state index in [0.29, 0.717) is 12.8 Å². The summed E-state index contributed by atoms with van der Waals surface area (Å²) in [5.41, 5.74) is 0. The average molecular weight is 562 g/mol. The number of hydrogen-bond acceptors (Lipinski definition) is 2. The van der Waals surface area contributed by atoms with Crippen LogP contribution in [0.15, 0.2) is 0 Å². The summed E-state index contributed by atoms with van der Waals surface area (Å²) in [6.07, 6.45) is -9.64. The van der Waals surface area contributed by atoms with Crippen molar-refractivity contribution in [3.05, 3.63) is 0 Å². The van der Waals surface area contributed by atoms with Crippen LogP contribution in [-0.2, 0) is 10.1 Å². The van der Waals surface area contributed by atoms with E-state index in [1.807, 2.05) is 0 Å². The first-order valence-electron chi connectivity index (χ1n) is 8.99. The van der Waals surface area contributed by atoms with E-state index in [2.05, 4.69) is 0 Å². The van der Waals surface area contributed by atoms with Gasteiger partial charge in [-0.2, -0.15) is 74.3 Å². The summed E-state index contributed by atoms with van der Waals surface area (Å²) >= 11 is 0. The van der Waals surface area contributed by atoms with Gasteiger partial charge in [0, 0.05) is 0 Å². The number of unbranched alkanes of at least 4 members (excludes halogenated alkanes) is 4. The van der Waals surface area contributed by atoms with Crippen LogP contribution in [-0.4, -0.2) is 59.9 Å². The zero-order valence-electron chi connectivity index (χ0n) is 16.7. The van der Waals surface area contributed by atoms with Crippen LogP contribution in [0.2, 0.25) is 0 Å². The molecule has 0 heterocycles. The summed E-state index contributed by atoms with van der Waals surface area (Å²) in [5.74, 6) is -48.5. The summed E-state index contributed by atoms with van der Waals surface area (Å²) in [7, 11) is -6.52. The van der Waals surface area contributed by atoms with Gasteiger partial charge in [-0.1, -0.05) is 39.0 Å². The van der Waals surface area contributed by atoms with E-state index < -0.39 is 69.9 Å². The van der Waals surface area contributed by atoms with Crippen molar-refractivity contribution in [3.8, 4) is 0 Å². The van der Waals surface area contributed by atoms with Crippen LogP contribution in [0, 0.1) is 0 Å². The van der Waals surface area contributed by atoms with E-state index >= 15 is 0 Å². The summed E-state index contributed by atoms with van der Waals surface area (Å²) in [5, 5.41) is -4.34. The molecule has 0 aromatic rings. The fourth-order valence-electron chi connectivity index (χ4n) is 2.63. The van der Waals surface area contributed by atoms with E-state index in [-0.39, 0.29) is 12.8 Å². The summed E-state index contributed by atoms with van der Waals surface area (Å²) in [6, 6.07) is 0. The van der Waals surface area contributed by atoms with Gasteiger partial charge < -0.3 is 0 Å². The second-order valence-electron chi connectivity index (χ2n) is 7.20. The lowest BCUT2D eigenvalue weighted by molar-refractivity contribution is -0.452. The van der Waals surface area contributed by atoms with E-state index in [0.717, 1.165) is 0 Å². The molecule has 19 heteroatoms. The first kappa shape index (κ1) is 32.9. The second kappa shape index (κ2) is 9.72.